The van der Waals surface area contributed by atoms with E-state index < -0.39 is 11.4 Å². The number of carboxylic acids is 1. The molecule has 3 nitrogen and oxygen atoms in total. The van der Waals surface area contributed by atoms with Crippen LogP contribution in [0.5, 0.6) is 0 Å². The quantitative estimate of drug-likeness (QED) is 0.875. The Kier molecular flexibility index (Phi) is 5.10. The van der Waals surface area contributed by atoms with Crippen molar-refractivity contribution in [3.63, 3.8) is 0 Å². The summed E-state index contributed by atoms with van der Waals surface area (Å²) < 4.78 is 0.900. The van der Waals surface area contributed by atoms with Gasteiger partial charge in [0, 0.05) is 11.0 Å². The largest absolute Gasteiger partial charge is 0.481 e. The summed E-state index contributed by atoms with van der Waals surface area (Å²) in [6, 6.07) is 5.97. The van der Waals surface area contributed by atoms with Crippen LogP contribution in [0.25, 0.3) is 0 Å². The van der Waals surface area contributed by atoms with Gasteiger partial charge in [-0.2, -0.15) is 0 Å². The fraction of sp³-hybridized carbons (Fsp3) is 0.533. The van der Waals surface area contributed by atoms with E-state index in [2.05, 4.69) is 26.9 Å². The van der Waals surface area contributed by atoms with Crippen LogP contribution in [0.1, 0.15) is 31.7 Å². The van der Waals surface area contributed by atoms with E-state index in [1.807, 2.05) is 19.1 Å². The van der Waals surface area contributed by atoms with Gasteiger partial charge in [0.05, 0.1) is 10.4 Å². The molecule has 0 amide bonds. The van der Waals surface area contributed by atoms with Gasteiger partial charge in [-0.05, 0) is 66.0 Å². The molecule has 110 valence electrons. The summed E-state index contributed by atoms with van der Waals surface area (Å²) in [4.78, 5) is 13.7. The van der Waals surface area contributed by atoms with Crippen LogP contribution >= 0.6 is 27.5 Å². The predicted octanol–water partition coefficient (Wildman–Crippen LogP) is 4.18. The maximum atomic E-state index is 11.4. The van der Waals surface area contributed by atoms with E-state index in [1.54, 1.807) is 0 Å². The van der Waals surface area contributed by atoms with E-state index in [-0.39, 0.29) is 0 Å². The summed E-state index contributed by atoms with van der Waals surface area (Å²) in [5.74, 6) is -0.647. The van der Waals surface area contributed by atoms with Gasteiger partial charge in [0.1, 0.15) is 0 Å². The molecule has 0 radical (unpaired) electrons. The molecule has 1 fully saturated rings. The van der Waals surface area contributed by atoms with Crippen molar-refractivity contribution in [1.82, 2.24) is 4.90 Å². The van der Waals surface area contributed by atoms with Crippen molar-refractivity contribution in [3.05, 3.63) is 33.3 Å². The fourth-order valence-electron chi connectivity index (χ4n) is 2.75. The monoisotopic (exact) mass is 359 g/mol. The van der Waals surface area contributed by atoms with Crippen LogP contribution in [0.3, 0.4) is 0 Å². The zero-order valence-corrected chi connectivity index (χ0v) is 13.9. The van der Waals surface area contributed by atoms with Crippen molar-refractivity contribution in [2.24, 2.45) is 5.41 Å². The van der Waals surface area contributed by atoms with Crippen LogP contribution in [-0.2, 0) is 11.3 Å². The molecular weight excluding hydrogens is 342 g/mol. The van der Waals surface area contributed by atoms with Crippen molar-refractivity contribution in [3.8, 4) is 0 Å². The minimum absolute atomic E-state index is 0.520. The third kappa shape index (κ3) is 3.35. The van der Waals surface area contributed by atoms with Crippen LogP contribution in [0.15, 0.2) is 22.7 Å². The van der Waals surface area contributed by atoms with Crippen LogP contribution < -0.4 is 0 Å². The average Bonchev–Trinajstić information content (AvgIpc) is 2.44. The van der Waals surface area contributed by atoms with Crippen molar-refractivity contribution in [2.75, 3.05) is 13.1 Å². The second-order valence-corrected chi connectivity index (χ2v) is 6.73. The van der Waals surface area contributed by atoms with Gasteiger partial charge in [0.15, 0.2) is 0 Å². The minimum atomic E-state index is -0.647. The van der Waals surface area contributed by atoms with Crippen molar-refractivity contribution < 1.29 is 9.90 Å². The maximum absolute atomic E-state index is 11.4. The number of likely N-dealkylation sites (tertiary alicyclic amines) is 1. The van der Waals surface area contributed by atoms with E-state index in [1.165, 1.54) is 0 Å². The topological polar surface area (TPSA) is 40.5 Å². The summed E-state index contributed by atoms with van der Waals surface area (Å²) in [5.41, 5.74) is 0.644. The first-order valence-corrected chi connectivity index (χ1v) is 8.03. The first-order chi connectivity index (χ1) is 9.47. The van der Waals surface area contributed by atoms with Gasteiger partial charge in [-0.15, -0.1) is 0 Å². The molecule has 1 aromatic rings. The number of carbonyl (C=O) groups is 1. The molecule has 0 aliphatic carbocycles. The molecule has 1 heterocycles. The van der Waals surface area contributed by atoms with Crippen LogP contribution in [0.2, 0.25) is 5.02 Å². The second-order valence-electron chi connectivity index (χ2n) is 5.46. The molecule has 0 atom stereocenters. The zero-order valence-electron chi connectivity index (χ0n) is 11.5. The third-order valence-corrected chi connectivity index (χ3v) is 5.57. The lowest BCUT2D eigenvalue weighted by molar-refractivity contribution is -0.152. The molecule has 5 heteroatoms. The number of aliphatic carboxylic acids is 1. The molecule has 0 spiro atoms. The highest BCUT2D eigenvalue weighted by molar-refractivity contribution is 9.10. The smallest absolute Gasteiger partial charge is 0.309 e. The molecule has 0 saturated carbocycles. The molecule has 1 aliphatic heterocycles. The van der Waals surface area contributed by atoms with Gasteiger partial charge < -0.3 is 5.11 Å². The normalized spacial score (nSPS) is 18.9. The number of benzene rings is 1. The molecule has 1 saturated heterocycles. The van der Waals surface area contributed by atoms with E-state index in [4.69, 9.17) is 11.6 Å². The number of piperidine rings is 1. The number of rotatable bonds is 4. The van der Waals surface area contributed by atoms with E-state index in [0.717, 1.165) is 42.5 Å². The van der Waals surface area contributed by atoms with Crippen LogP contribution in [-0.4, -0.2) is 29.1 Å². The molecule has 0 bridgehead atoms. The SMILES string of the molecule is CCC1(C(=O)O)CCN(Cc2ccc(Br)c(Cl)c2)CC1. The lowest BCUT2D eigenvalue weighted by atomic mass is 9.76. The standard InChI is InChI=1S/C15H19BrClNO2/c1-2-15(14(19)20)5-7-18(8-6-15)10-11-3-4-12(16)13(17)9-11/h3-4,9H,2,5-8,10H2,1H3,(H,19,20). The van der Waals surface area contributed by atoms with E-state index >= 15 is 0 Å². The predicted molar refractivity (Wildman–Crippen MR) is 84.0 cm³/mol. The van der Waals surface area contributed by atoms with Gasteiger partial charge >= 0.3 is 5.97 Å². The van der Waals surface area contributed by atoms with Crippen LogP contribution in [0, 0.1) is 5.41 Å². The van der Waals surface area contributed by atoms with Gasteiger partial charge in [-0.1, -0.05) is 24.6 Å². The summed E-state index contributed by atoms with van der Waals surface area (Å²) in [6.45, 7) is 4.45. The van der Waals surface area contributed by atoms with Crippen molar-refractivity contribution in [2.45, 2.75) is 32.7 Å². The number of nitrogens with zero attached hydrogens (tertiary/aromatic N) is 1. The Bertz CT molecular complexity index is 499. The van der Waals surface area contributed by atoms with E-state index in [9.17, 15) is 9.90 Å². The molecule has 2 rings (SSSR count). The van der Waals surface area contributed by atoms with Crippen molar-refractivity contribution in [1.29, 1.82) is 0 Å². The molecule has 1 aromatic carbocycles. The summed E-state index contributed by atoms with van der Waals surface area (Å²) in [7, 11) is 0. The minimum Gasteiger partial charge on any atom is -0.481 e. The molecular formula is C15H19BrClNO2. The molecule has 0 unspecified atom stereocenters. The molecule has 1 aliphatic rings. The Labute approximate surface area is 133 Å². The lowest BCUT2D eigenvalue weighted by Crippen LogP contribution is -2.43. The number of halogens is 2. The summed E-state index contributed by atoms with van der Waals surface area (Å²) in [5, 5.41) is 10.1. The Morgan fingerprint density at radius 3 is 2.60 bits per heavy atom. The second kappa shape index (κ2) is 6.46. The lowest BCUT2D eigenvalue weighted by Gasteiger charge is -2.38. The summed E-state index contributed by atoms with van der Waals surface area (Å²) >= 11 is 9.48. The maximum Gasteiger partial charge on any atom is 0.309 e. The van der Waals surface area contributed by atoms with Gasteiger partial charge in [0.2, 0.25) is 0 Å². The zero-order chi connectivity index (χ0) is 14.8. The van der Waals surface area contributed by atoms with Gasteiger partial charge in [0.25, 0.3) is 0 Å². The fourth-order valence-corrected chi connectivity index (χ4v) is 3.20. The number of carboxylic acid groups (broad SMARTS) is 1. The Hall–Kier alpha value is -0.580. The number of hydrogen-bond donors (Lipinski definition) is 1. The Morgan fingerprint density at radius 1 is 1.45 bits per heavy atom. The highest BCUT2D eigenvalue weighted by atomic mass is 79.9. The first kappa shape index (κ1) is 15.8. The molecule has 1 N–H and O–H groups in total. The third-order valence-electron chi connectivity index (χ3n) is 4.33. The summed E-state index contributed by atoms with van der Waals surface area (Å²) in [6.07, 6.45) is 2.16. The molecule has 0 aromatic heterocycles. The van der Waals surface area contributed by atoms with E-state index in [0.29, 0.717) is 11.4 Å². The highest BCUT2D eigenvalue weighted by Crippen LogP contribution is 2.35. The first-order valence-electron chi connectivity index (χ1n) is 6.86. The highest BCUT2D eigenvalue weighted by Gasteiger charge is 2.39. The Morgan fingerprint density at radius 2 is 2.10 bits per heavy atom. The van der Waals surface area contributed by atoms with Crippen LogP contribution in [0.4, 0.5) is 0 Å². The number of hydrogen-bond acceptors (Lipinski definition) is 2. The Balaban J connectivity index is 1.97. The molecule has 20 heavy (non-hydrogen) atoms. The average molecular weight is 361 g/mol. The van der Waals surface area contributed by atoms with Gasteiger partial charge in [-0.3, -0.25) is 9.69 Å². The van der Waals surface area contributed by atoms with Gasteiger partial charge in [-0.25, -0.2) is 0 Å². The van der Waals surface area contributed by atoms with Crippen molar-refractivity contribution >= 4 is 33.5 Å².